The minimum absolute atomic E-state index is 0.221. The summed E-state index contributed by atoms with van der Waals surface area (Å²) in [5, 5.41) is 5.32. The highest BCUT2D eigenvalue weighted by molar-refractivity contribution is 5.92. The lowest BCUT2D eigenvalue weighted by Crippen LogP contribution is -1.97. The minimum atomic E-state index is 0.221. The number of rotatable bonds is 3. The number of fused-ring (bicyclic) bond motifs is 1. The Balaban J connectivity index is 2.25. The van der Waals surface area contributed by atoms with Gasteiger partial charge in [0.1, 0.15) is 17.2 Å². The van der Waals surface area contributed by atoms with E-state index in [9.17, 15) is 0 Å². The molecule has 7 heteroatoms. The molecule has 0 radical (unpaired) electrons. The van der Waals surface area contributed by atoms with Gasteiger partial charge in [-0.3, -0.25) is 0 Å². The Kier molecular flexibility index (Phi) is 3.09. The van der Waals surface area contributed by atoms with Gasteiger partial charge in [0.15, 0.2) is 5.65 Å². The molecule has 7 nitrogen and oxygen atoms in total. The number of methoxy groups -OCH3 is 2. The fourth-order valence-corrected chi connectivity index (χ4v) is 2.24. The van der Waals surface area contributed by atoms with Crippen LogP contribution in [-0.2, 0) is 7.05 Å². The second-order valence-electron chi connectivity index (χ2n) is 4.50. The van der Waals surface area contributed by atoms with Gasteiger partial charge in [-0.15, -0.1) is 0 Å². The van der Waals surface area contributed by atoms with Crippen molar-refractivity contribution in [2.75, 3.05) is 20.0 Å². The van der Waals surface area contributed by atoms with Gasteiger partial charge in [0.25, 0.3) is 0 Å². The Hall–Kier alpha value is -2.83. The van der Waals surface area contributed by atoms with Crippen LogP contribution in [0.4, 0.5) is 5.95 Å². The third kappa shape index (κ3) is 2.12. The number of ether oxygens (including phenoxy) is 2. The van der Waals surface area contributed by atoms with Crippen LogP contribution in [0.1, 0.15) is 0 Å². The molecule has 0 aliphatic carbocycles. The molecule has 2 aromatic heterocycles. The van der Waals surface area contributed by atoms with E-state index in [4.69, 9.17) is 15.2 Å². The van der Waals surface area contributed by atoms with Crippen molar-refractivity contribution in [1.29, 1.82) is 0 Å². The van der Waals surface area contributed by atoms with Crippen molar-refractivity contribution in [3.05, 3.63) is 24.4 Å². The lowest BCUT2D eigenvalue weighted by atomic mass is 10.1. The van der Waals surface area contributed by atoms with E-state index in [0.29, 0.717) is 11.4 Å². The summed E-state index contributed by atoms with van der Waals surface area (Å²) >= 11 is 0. The summed E-state index contributed by atoms with van der Waals surface area (Å²) in [6.45, 7) is 0. The minimum Gasteiger partial charge on any atom is -0.497 e. The number of aryl methyl sites for hydroxylation is 1. The van der Waals surface area contributed by atoms with E-state index >= 15 is 0 Å². The molecule has 0 saturated heterocycles. The van der Waals surface area contributed by atoms with E-state index in [1.807, 2.05) is 25.2 Å². The van der Waals surface area contributed by atoms with E-state index < -0.39 is 0 Å². The SMILES string of the molecule is COc1ccc(-c2nn(C)c3nc(N)ncc23)c(OC)c1. The fraction of sp³-hybridized carbons (Fsp3) is 0.214. The molecule has 0 amide bonds. The highest BCUT2D eigenvalue weighted by Gasteiger charge is 2.16. The first-order valence-electron chi connectivity index (χ1n) is 6.31. The largest absolute Gasteiger partial charge is 0.497 e. The second-order valence-corrected chi connectivity index (χ2v) is 4.50. The second kappa shape index (κ2) is 4.93. The predicted octanol–water partition coefficient (Wildman–Crippen LogP) is 1.63. The molecule has 0 bridgehead atoms. The molecule has 2 heterocycles. The van der Waals surface area contributed by atoms with Crippen molar-refractivity contribution < 1.29 is 9.47 Å². The molecule has 21 heavy (non-hydrogen) atoms. The third-order valence-corrected chi connectivity index (χ3v) is 3.26. The zero-order valence-corrected chi connectivity index (χ0v) is 12.0. The summed E-state index contributed by atoms with van der Waals surface area (Å²) in [5.41, 5.74) is 7.89. The standard InChI is InChI=1S/C14H15N5O2/c1-19-13-10(7-16-14(15)17-13)12(18-19)9-5-4-8(20-2)6-11(9)21-3/h4-7H,1-3H3,(H2,15,16,17). The van der Waals surface area contributed by atoms with Gasteiger partial charge in [-0.1, -0.05) is 0 Å². The number of anilines is 1. The van der Waals surface area contributed by atoms with Crippen molar-refractivity contribution >= 4 is 17.0 Å². The Bertz CT molecular complexity index is 812. The van der Waals surface area contributed by atoms with Crippen LogP contribution in [0.5, 0.6) is 11.5 Å². The summed E-state index contributed by atoms with van der Waals surface area (Å²) in [7, 11) is 5.04. The van der Waals surface area contributed by atoms with E-state index in [1.54, 1.807) is 25.1 Å². The summed E-state index contributed by atoms with van der Waals surface area (Å²) in [4.78, 5) is 8.26. The molecule has 0 aliphatic heterocycles. The summed E-state index contributed by atoms with van der Waals surface area (Å²) in [5.74, 6) is 1.61. The number of hydrogen-bond donors (Lipinski definition) is 1. The van der Waals surface area contributed by atoms with Gasteiger partial charge in [-0.05, 0) is 12.1 Å². The topological polar surface area (TPSA) is 88.1 Å². The number of aromatic nitrogens is 4. The average molecular weight is 285 g/mol. The zero-order valence-electron chi connectivity index (χ0n) is 12.0. The smallest absolute Gasteiger partial charge is 0.222 e. The number of benzene rings is 1. The van der Waals surface area contributed by atoms with Gasteiger partial charge < -0.3 is 15.2 Å². The van der Waals surface area contributed by atoms with Gasteiger partial charge >= 0.3 is 0 Å². The first-order valence-corrected chi connectivity index (χ1v) is 6.31. The zero-order chi connectivity index (χ0) is 15.0. The highest BCUT2D eigenvalue weighted by atomic mass is 16.5. The van der Waals surface area contributed by atoms with Crippen LogP contribution in [0.15, 0.2) is 24.4 Å². The number of hydrogen-bond acceptors (Lipinski definition) is 6. The predicted molar refractivity (Wildman–Crippen MR) is 79.3 cm³/mol. The molecular weight excluding hydrogens is 270 g/mol. The molecule has 3 rings (SSSR count). The van der Waals surface area contributed by atoms with Crippen LogP contribution >= 0.6 is 0 Å². The van der Waals surface area contributed by atoms with Crippen LogP contribution in [0.25, 0.3) is 22.3 Å². The normalized spacial score (nSPS) is 10.8. The van der Waals surface area contributed by atoms with Gasteiger partial charge in [0, 0.05) is 24.9 Å². The molecular formula is C14H15N5O2. The van der Waals surface area contributed by atoms with E-state index in [-0.39, 0.29) is 5.95 Å². The van der Waals surface area contributed by atoms with Crippen molar-refractivity contribution in [2.24, 2.45) is 7.05 Å². The highest BCUT2D eigenvalue weighted by Crippen LogP contribution is 2.35. The molecule has 0 fully saturated rings. The van der Waals surface area contributed by atoms with E-state index in [1.165, 1.54) is 0 Å². The molecule has 0 spiro atoms. The molecule has 2 N–H and O–H groups in total. The lowest BCUT2D eigenvalue weighted by molar-refractivity contribution is 0.395. The maximum absolute atomic E-state index is 5.63. The van der Waals surface area contributed by atoms with Crippen molar-refractivity contribution in [2.45, 2.75) is 0 Å². The number of nitrogens with two attached hydrogens (primary N) is 1. The van der Waals surface area contributed by atoms with Crippen LogP contribution in [0, 0.1) is 0 Å². The molecule has 0 unspecified atom stereocenters. The maximum Gasteiger partial charge on any atom is 0.222 e. The van der Waals surface area contributed by atoms with Gasteiger partial charge in [0.2, 0.25) is 5.95 Å². The maximum atomic E-state index is 5.63. The Morgan fingerprint density at radius 3 is 2.71 bits per heavy atom. The van der Waals surface area contributed by atoms with Crippen molar-refractivity contribution in [3.8, 4) is 22.8 Å². The van der Waals surface area contributed by atoms with Crippen LogP contribution in [0.2, 0.25) is 0 Å². The molecule has 108 valence electrons. The summed E-state index contributed by atoms with van der Waals surface area (Å²) in [6.07, 6.45) is 1.67. The fourth-order valence-electron chi connectivity index (χ4n) is 2.24. The molecule has 0 saturated carbocycles. The molecule has 3 aromatic rings. The van der Waals surface area contributed by atoms with Crippen LogP contribution in [-0.4, -0.2) is 34.0 Å². The van der Waals surface area contributed by atoms with Gasteiger partial charge in [-0.25, -0.2) is 9.67 Å². The summed E-state index contributed by atoms with van der Waals surface area (Å²) in [6, 6.07) is 5.57. The number of nitrogen functional groups attached to an aromatic ring is 1. The van der Waals surface area contributed by atoms with Crippen LogP contribution < -0.4 is 15.2 Å². The Labute approximate surface area is 121 Å². The van der Waals surface area contributed by atoms with E-state index in [2.05, 4.69) is 15.1 Å². The quantitative estimate of drug-likeness (QED) is 0.787. The van der Waals surface area contributed by atoms with Crippen LogP contribution in [0.3, 0.4) is 0 Å². The molecule has 1 aromatic carbocycles. The first-order chi connectivity index (χ1) is 10.1. The van der Waals surface area contributed by atoms with E-state index in [0.717, 1.165) is 22.4 Å². The van der Waals surface area contributed by atoms with Crippen molar-refractivity contribution in [3.63, 3.8) is 0 Å². The Morgan fingerprint density at radius 2 is 2.00 bits per heavy atom. The lowest BCUT2D eigenvalue weighted by Gasteiger charge is -2.08. The summed E-state index contributed by atoms with van der Waals surface area (Å²) < 4.78 is 12.3. The monoisotopic (exact) mass is 285 g/mol. The molecule has 0 aliphatic rings. The first kappa shape index (κ1) is 13.2. The third-order valence-electron chi connectivity index (χ3n) is 3.26. The average Bonchev–Trinajstić information content (AvgIpc) is 2.83. The van der Waals surface area contributed by atoms with Gasteiger partial charge in [-0.2, -0.15) is 10.1 Å². The molecule has 0 atom stereocenters. The van der Waals surface area contributed by atoms with Crippen molar-refractivity contribution in [1.82, 2.24) is 19.7 Å². The van der Waals surface area contributed by atoms with Gasteiger partial charge in [0.05, 0.1) is 19.6 Å². The Morgan fingerprint density at radius 1 is 1.19 bits per heavy atom. The number of nitrogens with zero attached hydrogens (tertiary/aromatic N) is 4.